The van der Waals surface area contributed by atoms with Crippen molar-refractivity contribution in [3.63, 3.8) is 0 Å². The Balaban J connectivity index is 1.95. The third-order valence-corrected chi connectivity index (χ3v) is 4.19. The molecule has 1 saturated carbocycles. The summed E-state index contributed by atoms with van der Waals surface area (Å²) < 4.78 is 6.23. The standard InChI is InChI=1S/C17H28N2O/c1-17(2,19(3)4)13-20-16(12-18-15-10-11-15)14-8-6-5-7-9-14/h5-9,15-16,18H,10-13H2,1-4H3. The molecule has 0 heterocycles. The molecule has 0 aromatic heterocycles. The van der Waals surface area contributed by atoms with Gasteiger partial charge < -0.3 is 15.0 Å². The minimum absolute atomic E-state index is 0.0482. The molecule has 0 aliphatic heterocycles. The molecule has 0 spiro atoms. The fourth-order valence-corrected chi connectivity index (χ4v) is 1.94. The van der Waals surface area contributed by atoms with Crippen LogP contribution in [0.3, 0.4) is 0 Å². The molecule has 1 unspecified atom stereocenters. The van der Waals surface area contributed by atoms with Gasteiger partial charge in [0.1, 0.15) is 0 Å². The first-order valence-corrected chi connectivity index (χ1v) is 7.56. The van der Waals surface area contributed by atoms with Gasteiger partial charge in [0.2, 0.25) is 0 Å². The molecule has 0 saturated heterocycles. The van der Waals surface area contributed by atoms with Gasteiger partial charge in [-0.15, -0.1) is 0 Å². The Morgan fingerprint density at radius 1 is 1.25 bits per heavy atom. The fourth-order valence-electron chi connectivity index (χ4n) is 1.94. The molecule has 0 radical (unpaired) electrons. The van der Waals surface area contributed by atoms with Crippen molar-refractivity contribution in [2.45, 2.75) is 44.4 Å². The van der Waals surface area contributed by atoms with Crippen molar-refractivity contribution in [3.05, 3.63) is 35.9 Å². The maximum absolute atomic E-state index is 6.23. The number of likely N-dealkylation sites (N-methyl/N-ethyl adjacent to an activating group) is 1. The summed E-state index contributed by atoms with van der Waals surface area (Å²) in [5, 5.41) is 3.58. The Labute approximate surface area is 123 Å². The highest BCUT2D eigenvalue weighted by molar-refractivity contribution is 5.18. The van der Waals surface area contributed by atoms with Crippen molar-refractivity contribution in [1.82, 2.24) is 10.2 Å². The van der Waals surface area contributed by atoms with Crippen LogP contribution in [0, 0.1) is 0 Å². The van der Waals surface area contributed by atoms with Crippen LogP contribution in [-0.4, -0.2) is 43.7 Å². The van der Waals surface area contributed by atoms with Gasteiger partial charge in [0, 0.05) is 18.1 Å². The van der Waals surface area contributed by atoms with E-state index >= 15 is 0 Å². The SMILES string of the molecule is CN(C)C(C)(C)COC(CNC1CC1)c1ccccc1. The summed E-state index contributed by atoms with van der Waals surface area (Å²) in [6, 6.07) is 11.2. The van der Waals surface area contributed by atoms with E-state index in [1.807, 2.05) is 0 Å². The Hall–Kier alpha value is -0.900. The number of rotatable bonds is 8. The van der Waals surface area contributed by atoms with E-state index in [-0.39, 0.29) is 11.6 Å². The monoisotopic (exact) mass is 276 g/mol. The summed E-state index contributed by atoms with van der Waals surface area (Å²) in [4.78, 5) is 2.21. The lowest BCUT2D eigenvalue weighted by Gasteiger charge is -2.34. The van der Waals surface area contributed by atoms with Gasteiger partial charge in [-0.3, -0.25) is 0 Å². The van der Waals surface area contributed by atoms with E-state index in [1.165, 1.54) is 18.4 Å². The molecule has 0 bridgehead atoms. The van der Waals surface area contributed by atoms with Crippen LogP contribution in [0.25, 0.3) is 0 Å². The second-order valence-corrected chi connectivity index (χ2v) is 6.60. The topological polar surface area (TPSA) is 24.5 Å². The van der Waals surface area contributed by atoms with Gasteiger partial charge in [0.05, 0.1) is 12.7 Å². The van der Waals surface area contributed by atoms with Gasteiger partial charge in [-0.1, -0.05) is 30.3 Å². The van der Waals surface area contributed by atoms with E-state index in [9.17, 15) is 0 Å². The highest BCUT2D eigenvalue weighted by Crippen LogP contribution is 2.23. The van der Waals surface area contributed by atoms with Gasteiger partial charge >= 0.3 is 0 Å². The number of hydrogen-bond donors (Lipinski definition) is 1. The van der Waals surface area contributed by atoms with Crippen LogP contribution < -0.4 is 5.32 Å². The predicted molar refractivity (Wildman–Crippen MR) is 83.9 cm³/mol. The normalized spacial score (nSPS) is 17.4. The van der Waals surface area contributed by atoms with Gasteiger partial charge in [0.15, 0.2) is 0 Å². The lowest BCUT2D eigenvalue weighted by atomic mass is 10.1. The fraction of sp³-hybridized carbons (Fsp3) is 0.647. The molecule has 0 amide bonds. The van der Waals surface area contributed by atoms with Crippen LogP contribution in [0.5, 0.6) is 0 Å². The van der Waals surface area contributed by atoms with Gasteiger partial charge in [-0.25, -0.2) is 0 Å². The van der Waals surface area contributed by atoms with Gasteiger partial charge in [-0.05, 0) is 46.3 Å². The largest absolute Gasteiger partial charge is 0.370 e. The third kappa shape index (κ3) is 4.58. The van der Waals surface area contributed by atoms with Gasteiger partial charge in [-0.2, -0.15) is 0 Å². The molecule has 3 heteroatoms. The average Bonchev–Trinajstić information content (AvgIpc) is 3.23. The number of nitrogens with zero attached hydrogens (tertiary/aromatic N) is 1. The summed E-state index contributed by atoms with van der Waals surface area (Å²) in [6.45, 7) is 6.05. The smallest absolute Gasteiger partial charge is 0.0950 e. The zero-order valence-electron chi connectivity index (χ0n) is 13.2. The molecule has 3 nitrogen and oxygen atoms in total. The molecule has 1 fully saturated rings. The lowest BCUT2D eigenvalue weighted by molar-refractivity contribution is -0.0124. The van der Waals surface area contributed by atoms with E-state index in [0.717, 1.165) is 13.2 Å². The van der Waals surface area contributed by atoms with E-state index in [2.05, 4.69) is 68.5 Å². The van der Waals surface area contributed by atoms with Crippen LogP contribution in [0.4, 0.5) is 0 Å². The van der Waals surface area contributed by atoms with Crippen molar-refractivity contribution < 1.29 is 4.74 Å². The van der Waals surface area contributed by atoms with Crippen molar-refractivity contribution in [1.29, 1.82) is 0 Å². The Morgan fingerprint density at radius 2 is 1.90 bits per heavy atom. The quantitative estimate of drug-likeness (QED) is 0.790. The minimum atomic E-state index is 0.0482. The molecule has 1 aromatic rings. The number of benzene rings is 1. The van der Waals surface area contributed by atoms with Crippen molar-refractivity contribution in [3.8, 4) is 0 Å². The van der Waals surface area contributed by atoms with Crippen molar-refractivity contribution >= 4 is 0 Å². The Morgan fingerprint density at radius 3 is 2.45 bits per heavy atom. The summed E-state index contributed by atoms with van der Waals surface area (Å²) in [5.41, 5.74) is 1.31. The summed E-state index contributed by atoms with van der Waals surface area (Å²) in [6.07, 6.45) is 2.76. The first-order valence-electron chi connectivity index (χ1n) is 7.56. The van der Waals surface area contributed by atoms with Crippen LogP contribution in [-0.2, 0) is 4.74 Å². The maximum Gasteiger partial charge on any atom is 0.0950 e. The second-order valence-electron chi connectivity index (χ2n) is 6.60. The first-order chi connectivity index (χ1) is 9.49. The molecule has 1 aliphatic carbocycles. The van der Waals surface area contributed by atoms with Crippen molar-refractivity contribution in [2.75, 3.05) is 27.2 Å². The average molecular weight is 276 g/mol. The van der Waals surface area contributed by atoms with Gasteiger partial charge in [0.25, 0.3) is 0 Å². The first kappa shape index (κ1) is 15.5. The summed E-state index contributed by atoms with van der Waals surface area (Å²) >= 11 is 0. The van der Waals surface area contributed by atoms with E-state index < -0.39 is 0 Å². The molecule has 112 valence electrons. The molecule has 1 N–H and O–H groups in total. The maximum atomic E-state index is 6.23. The highest BCUT2D eigenvalue weighted by Gasteiger charge is 2.26. The lowest BCUT2D eigenvalue weighted by Crippen LogP contribution is -2.43. The molecule has 1 aromatic carbocycles. The van der Waals surface area contributed by atoms with E-state index in [0.29, 0.717) is 6.04 Å². The molecule has 1 atom stereocenters. The molecular formula is C17H28N2O. The molecule has 2 rings (SSSR count). The third-order valence-electron chi connectivity index (χ3n) is 4.19. The van der Waals surface area contributed by atoms with Crippen LogP contribution in [0.1, 0.15) is 38.4 Å². The summed E-state index contributed by atoms with van der Waals surface area (Å²) in [5.74, 6) is 0. The number of nitrogens with one attached hydrogen (secondary N) is 1. The van der Waals surface area contributed by atoms with E-state index in [1.54, 1.807) is 0 Å². The van der Waals surface area contributed by atoms with Crippen LogP contribution >= 0.6 is 0 Å². The summed E-state index contributed by atoms with van der Waals surface area (Å²) in [7, 11) is 4.20. The zero-order chi connectivity index (χ0) is 14.6. The highest BCUT2D eigenvalue weighted by atomic mass is 16.5. The predicted octanol–water partition coefficient (Wildman–Crippen LogP) is 2.84. The Bertz CT molecular complexity index is 399. The van der Waals surface area contributed by atoms with Crippen LogP contribution in [0.2, 0.25) is 0 Å². The van der Waals surface area contributed by atoms with Crippen LogP contribution in [0.15, 0.2) is 30.3 Å². The zero-order valence-corrected chi connectivity index (χ0v) is 13.2. The Kier molecular flexibility index (Phi) is 5.19. The van der Waals surface area contributed by atoms with E-state index in [4.69, 9.17) is 4.74 Å². The molecule has 20 heavy (non-hydrogen) atoms. The van der Waals surface area contributed by atoms with Crippen molar-refractivity contribution in [2.24, 2.45) is 0 Å². The molecule has 1 aliphatic rings. The second kappa shape index (κ2) is 6.70. The number of hydrogen-bond acceptors (Lipinski definition) is 3. The molecular weight excluding hydrogens is 248 g/mol. The number of ether oxygens (including phenoxy) is 1. The minimum Gasteiger partial charge on any atom is -0.370 e.